The molecule has 0 saturated heterocycles. The van der Waals surface area contributed by atoms with Crippen molar-refractivity contribution in [3.05, 3.63) is 41.5 Å². The average Bonchev–Trinajstić information content (AvgIpc) is 2.18. The second-order valence-electron chi connectivity index (χ2n) is 4.17. The van der Waals surface area contributed by atoms with Crippen LogP contribution in [0, 0.1) is 5.41 Å². The van der Waals surface area contributed by atoms with Gasteiger partial charge in [-0.15, -0.1) is 0 Å². The predicted molar refractivity (Wildman–Crippen MR) is 61.5 cm³/mol. The van der Waals surface area contributed by atoms with Gasteiger partial charge in [-0.25, -0.2) is 0 Å². The number of carboxylic acid groups (broad SMARTS) is 1. The van der Waals surface area contributed by atoms with Crippen molar-refractivity contribution < 1.29 is 9.90 Å². The maximum absolute atomic E-state index is 11.0. The first kappa shape index (κ1) is 11.5. The molecule has 80 valence electrons. The summed E-state index contributed by atoms with van der Waals surface area (Å²) in [5.41, 5.74) is 1.07. The summed E-state index contributed by atoms with van der Waals surface area (Å²) < 4.78 is 0. The van der Waals surface area contributed by atoms with Gasteiger partial charge in [-0.2, -0.15) is 0 Å². The molecule has 1 aromatic carbocycles. The van der Waals surface area contributed by atoms with Crippen LogP contribution < -0.4 is 0 Å². The van der Waals surface area contributed by atoms with Gasteiger partial charge in [0.25, 0.3) is 0 Å². The fraction of sp³-hybridized carbons (Fsp3) is 0.308. The minimum atomic E-state index is -0.810. The quantitative estimate of drug-likeness (QED) is 0.820. The van der Waals surface area contributed by atoms with Crippen molar-refractivity contribution in [1.29, 1.82) is 0 Å². The van der Waals surface area contributed by atoms with Crippen molar-refractivity contribution in [2.75, 3.05) is 0 Å². The second-order valence-corrected chi connectivity index (χ2v) is 4.17. The van der Waals surface area contributed by atoms with Crippen LogP contribution in [-0.4, -0.2) is 11.1 Å². The molecule has 0 aliphatic heterocycles. The normalized spacial score (nSPS) is 12.6. The van der Waals surface area contributed by atoms with E-state index in [0.29, 0.717) is 0 Å². The molecule has 0 bridgehead atoms. The summed E-state index contributed by atoms with van der Waals surface area (Å²) in [4.78, 5) is 11.0. The molecule has 2 heteroatoms. The van der Waals surface area contributed by atoms with E-state index in [1.807, 2.05) is 43.3 Å². The lowest BCUT2D eigenvalue weighted by molar-refractivity contribution is -0.144. The zero-order valence-electron chi connectivity index (χ0n) is 9.32. The molecule has 0 amide bonds. The molecule has 0 saturated carbocycles. The third-order valence-electron chi connectivity index (χ3n) is 2.70. The molecule has 0 heterocycles. The van der Waals surface area contributed by atoms with Crippen LogP contribution in [0.4, 0.5) is 0 Å². The van der Waals surface area contributed by atoms with Crippen molar-refractivity contribution in [3.63, 3.8) is 0 Å². The maximum atomic E-state index is 11.0. The summed E-state index contributed by atoms with van der Waals surface area (Å²) in [7, 11) is 0. The molecule has 0 spiro atoms. The molecule has 0 unspecified atom stereocenters. The SMILES string of the molecule is CC(=Cc1ccccc1)C(C)(C)C(=O)O. The largest absolute Gasteiger partial charge is 0.481 e. The highest BCUT2D eigenvalue weighted by molar-refractivity contribution is 5.79. The summed E-state index contributed by atoms with van der Waals surface area (Å²) in [6.07, 6.45) is 1.91. The van der Waals surface area contributed by atoms with Crippen LogP contribution in [0.1, 0.15) is 26.3 Å². The van der Waals surface area contributed by atoms with Gasteiger partial charge in [-0.05, 0) is 26.3 Å². The van der Waals surface area contributed by atoms with Gasteiger partial charge in [0.15, 0.2) is 0 Å². The number of carbonyl (C=O) groups is 1. The average molecular weight is 204 g/mol. The lowest BCUT2D eigenvalue weighted by atomic mass is 9.84. The number of hydrogen-bond acceptors (Lipinski definition) is 1. The van der Waals surface area contributed by atoms with Crippen molar-refractivity contribution in [2.24, 2.45) is 5.41 Å². The fourth-order valence-electron chi connectivity index (χ4n) is 1.15. The van der Waals surface area contributed by atoms with E-state index >= 15 is 0 Å². The first-order valence-electron chi connectivity index (χ1n) is 4.92. The minimum absolute atomic E-state index is 0.799. The summed E-state index contributed by atoms with van der Waals surface area (Å²) in [6.45, 7) is 5.27. The monoisotopic (exact) mass is 204 g/mol. The Bertz CT molecular complexity index is 375. The van der Waals surface area contributed by atoms with Crippen LogP contribution >= 0.6 is 0 Å². The summed E-state index contributed by atoms with van der Waals surface area (Å²) in [6, 6.07) is 9.73. The molecular formula is C13H16O2. The standard InChI is InChI=1S/C13H16O2/c1-10(13(2,3)12(14)15)9-11-7-5-4-6-8-11/h4-9H,1-3H3,(H,14,15). The summed E-state index contributed by atoms with van der Waals surface area (Å²) >= 11 is 0. The van der Waals surface area contributed by atoms with Crippen LogP contribution in [0.2, 0.25) is 0 Å². The van der Waals surface area contributed by atoms with E-state index in [1.165, 1.54) is 0 Å². The molecule has 0 aromatic heterocycles. The third-order valence-corrected chi connectivity index (χ3v) is 2.70. The molecule has 2 nitrogen and oxygen atoms in total. The van der Waals surface area contributed by atoms with Gasteiger partial charge in [0, 0.05) is 0 Å². The number of benzene rings is 1. The Balaban J connectivity index is 2.99. The molecule has 15 heavy (non-hydrogen) atoms. The molecule has 0 radical (unpaired) electrons. The van der Waals surface area contributed by atoms with Gasteiger partial charge >= 0.3 is 5.97 Å². The first-order valence-corrected chi connectivity index (χ1v) is 4.92. The number of rotatable bonds is 3. The molecule has 0 fully saturated rings. The molecule has 1 rings (SSSR count). The van der Waals surface area contributed by atoms with E-state index in [9.17, 15) is 4.79 Å². The van der Waals surface area contributed by atoms with Gasteiger partial charge in [0.05, 0.1) is 5.41 Å². The fourth-order valence-corrected chi connectivity index (χ4v) is 1.15. The highest BCUT2D eigenvalue weighted by atomic mass is 16.4. The van der Waals surface area contributed by atoms with Crippen LogP contribution in [0.25, 0.3) is 6.08 Å². The van der Waals surface area contributed by atoms with Crippen LogP contribution in [-0.2, 0) is 4.79 Å². The third kappa shape index (κ3) is 2.69. The number of carboxylic acids is 1. The van der Waals surface area contributed by atoms with Crippen molar-refractivity contribution >= 4 is 12.0 Å². The van der Waals surface area contributed by atoms with E-state index in [-0.39, 0.29) is 0 Å². The number of hydrogen-bond donors (Lipinski definition) is 1. The highest BCUT2D eigenvalue weighted by Gasteiger charge is 2.28. The Labute approximate surface area is 90.3 Å². The van der Waals surface area contributed by atoms with E-state index in [4.69, 9.17) is 5.11 Å². The highest BCUT2D eigenvalue weighted by Crippen LogP contribution is 2.27. The molecule has 0 aliphatic carbocycles. The molecule has 0 aliphatic rings. The second kappa shape index (κ2) is 4.30. The summed E-state index contributed by atoms with van der Waals surface area (Å²) in [5, 5.41) is 9.05. The smallest absolute Gasteiger partial charge is 0.313 e. The van der Waals surface area contributed by atoms with Gasteiger partial charge in [0.2, 0.25) is 0 Å². The van der Waals surface area contributed by atoms with E-state index in [1.54, 1.807) is 13.8 Å². The van der Waals surface area contributed by atoms with Gasteiger partial charge < -0.3 is 5.11 Å². The zero-order chi connectivity index (χ0) is 11.5. The topological polar surface area (TPSA) is 37.3 Å². The van der Waals surface area contributed by atoms with Crippen LogP contribution in [0.3, 0.4) is 0 Å². The molecule has 1 aromatic rings. The molecule has 0 atom stereocenters. The number of aliphatic carboxylic acids is 1. The van der Waals surface area contributed by atoms with Gasteiger partial charge in [0.1, 0.15) is 0 Å². The maximum Gasteiger partial charge on any atom is 0.313 e. The minimum Gasteiger partial charge on any atom is -0.481 e. The Morgan fingerprint density at radius 1 is 1.27 bits per heavy atom. The van der Waals surface area contributed by atoms with E-state index in [2.05, 4.69) is 0 Å². The molecule has 1 N–H and O–H groups in total. The van der Waals surface area contributed by atoms with Gasteiger partial charge in [-0.1, -0.05) is 42.0 Å². The first-order chi connectivity index (χ1) is 6.94. The lowest BCUT2D eigenvalue weighted by Crippen LogP contribution is -2.24. The van der Waals surface area contributed by atoms with Crippen molar-refractivity contribution in [2.45, 2.75) is 20.8 Å². The van der Waals surface area contributed by atoms with Crippen molar-refractivity contribution in [3.8, 4) is 0 Å². The Hall–Kier alpha value is -1.57. The van der Waals surface area contributed by atoms with Crippen molar-refractivity contribution in [1.82, 2.24) is 0 Å². The van der Waals surface area contributed by atoms with Crippen LogP contribution in [0.15, 0.2) is 35.9 Å². The Morgan fingerprint density at radius 3 is 2.27 bits per heavy atom. The van der Waals surface area contributed by atoms with E-state index in [0.717, 1.165) is 11.1 Å². The van der Waals surface area contributed by atoms with E-state index < -0.39 is 11.4 Å². The predicted octanol–water partition coefficient (Wildman–Crippen LogP) is 3.20. The van der Waals surface area contributed by atoms with Gasteiger partial charge in [-0.3, -0.25) is 4.79 Å². The summed E-state index contributed by atoms with van der Waals surface area (Å²) in [5.74, 6) is -0.799. The van der Waals surface area contributed by atoms with Crippen LogP contribution in [0.5, 0.6) is 0 Å². The lowest BCUT2D eigenvalue weighted by Gasteiger charge is -2.20. The Kier molecular flexibility index (Phi) is 3.30. The zero-order valence-corrected chi connectivity index (χ0v) is 9.32. The molecular weight excluding hydrogens is 188 g/mol. The Morgan fingerprint density at radius 2 is 1.80 bits per heavy atom.